The number of hydrogen-bond acceptors (Lipinski definition) is 3. The molecule has 0 fully saturated rings. The van der Waals surface area contributed by atoms with Crippen LogP contribution < -0.4 is 0 Å². The summed E-state index contributed by atoms with van der Waals surface area (Å²) in [6.45, 7) is 4.99. The minimum absolute atomic E-state index is 0.0916. The number of carboxylic acids is 1. The first-order valence-electron chi connectivity index (χ1n) is 7.28. The number of hydrogen-bond donors (Lipinski definition) is 1. The Bertz CT molecular complexity index is 529. The molecule has 0 unspecified atom stereocenters. The van der Waals surface area contributed by atoms with Gasteiger partial charge in [-0.15, -0.1) is 0 Å². The van der Waals surface area contributed by atoms with Gasteiger partial charge in [0.2, 0.25) is 0 Å². The van der Waals surface area contributed by atoms with Gasteiger partial charge in [0, 0.05) is 29.7 Å². The second kappa shape index (κ2) is 8.90. The molecule has 0 spiro atoms. The van der Waals surface area contributed by atoms with Crippen LogP contribution in [-0.2, 0) is 4.74 Å². The third-order valence-corrected chi connectivity index (χ3v) is 4.03. The monoisotopic (exact) mass is 371 g/mol. The number of ether oxygens (including phenoxy) is 1. The maximum atomic E-state index is 12.8. The summed E-state index contributed by atoms with van der Waals surface area (Å²) in [6, 6.07) is 4.65. The summed E-state index contributed by atoms with van der Waals surface area (Å²) in [4.78, 5) is 25.7. The lowest BCUT2D eigenvalue weighted by Crippen LogP contribution is -2.41. The van der Waals surface area contributed by atoms with Gasteiger partial charge in [-0.25, -0.2) is 4.79 Å². The van der Waals surface area contributed by atoms with Gasteiger partial charge in [-0.3, -0.25) is 4.79 Å². The van der Waals surface area contributed by atoms with Gasteiger partial charge in [-0.2, -0.15) is 0 Å². The largest absolute Gasteiger partial charge is 0.478 e. The van der Waals surface area contributed by atoms with Crippen LogP contribution in [-0.4, -0.2) is 48.2 Å². The molecule has 0 heterocycles. The van der Waals surface area contributed by atoms with Crippen molar-refractivity contribution >= 4 is 27.8 Å². The van der Waals surface area contributed by atoms with E-state index >= 15 is 0 Å². The molecule has 0 radical (unpaired) electrons. The lowest BCUT2D eigenvalue weighted by molar-refractivity contribution is 0.0589. The summed E-state index contributed by atoms with van der Waals surface area (Å²) in [5.74, 6) is -1.23. The quantitative estimate of drug-likeness (QED) is 0.759. The molecule has 0 saturated carbocycles. The van der Waals surface area contributed by atoms with Crippen molar-refractivity contribution in [3.8, 4) is 0 Å². The van der Waals surface area contributed by atoms with Crippen molar-refractivity contribution in [2.45, 2.75) is 32.7 Å². The first kappa shape index (κ1) is 18.6. The molecule has 6 heteroatoms. The van der Waals surface area contributed by atoms with Crippen LogP contribution in [0.15, 0.2) is 22.7 Å². The van der Waals surface area contributed by atoms with Crippen molar-refractivity contribution in [3.63, 3.8) is 0 Å². The van der Waals surface area contributed by atoms with Gasteiger partial charge in [0.05, 0.1) is 12.2 Å². The van der Waals surface area contributed by atoms with Crippen LogP contribution in [0, 0.1) is 0 Å². The highest BCUT2D eigenvalue weighted by Crippen LogP contribution is 2.20. The van der Waals surface area contributed by atoms with Crippen LogP contribution in [0.3, 0.4) is 0 Å². The molecule has 0 saturated heterocycles. The molecule has 22 heavy (non-hydrogen) atoms. The van der Waals surface area contributed by atoms with Gasteiger partial charge < -0.3 is 14.7 Å². The number of carbonyl (C=O) groups is 2. The summed E-state index contributed by atoms with van der Waals surface area (Å²) in [6.07, 6.45) is 1.68. The van der Waals surface area contributed by atoms with Crippen LogP contribution in [0.5, 0.6) is 0 Å². The van der Waals surface area contributed by atoms with Gasteiger partial charge in [0.25, 0.3) is 5.91 Å². The highest BCUT2D eigenvalue weighted by atomic mass is 79.9. The zero-order valence-electron chi connectivity index (χ0n) is 13.1. The Morgan fingerprint density at radius 2 is 1.82 bits per heavy atom. The van der Waals surface area contributed by atoms with Gasteiger partial charge in [-0.05, 0) is 31.0 Å². The Kier molecular flexibility index (Phi) is 7.55. The van der Waals surface area contributed by atoms with E-state index in [1.165, 1.54) is 12.1 Å². The molecular formula is C16H22BrNO4. The summed E-state index contributed by atoms with van der Waals surface area (Å²) >= 11 is 3.26. The Labute approximate surface area is 139 Å². The molecule has 1 amide bonds. The summed E-state index contributed by atoms with van der Waals surface area (Å²) in [5, 5.41) is 9.13. The number of amides is 1. The maximum absolute atomic E-state index is 12.8. The zero-order chi connectivity index (χ0) is 16.7. The van der Waals surface area contributed by atoms with Crippen LogP contribution in [0.25, 0.3) is 0 Å². The normalized spacial score (nSPS) is 10.8. The predicted molar refractivity (Wildman–Crippen MR) is 88.4 cm³/mol. The Morgan fingerprint density at radius 3 is 2.32 bits per heavy atom. The average molecular weight is 372 g/mol. The van der Waals surface area contributed by atoms with E-state index in [1.807, 2.05) is 13.8 Å². The van der Waals surface area contributed by atoms with Crippen molar-refractivity contribution in [1.82, 2.24) is 4.90 Å². The van der Waals surface area contributed by atoms with E-state index in [4.69, 9.17) is 9.84 Å². The Balaban J connectivity index is 3.14. The van der Waals surface area contributed by atoms with E-state index in [0.717, 1.165) is 12.8 Å². The topological polar surface area (TPSA) is 66.8 Å². The first-order chi connectivity index (χ1) is 10.4. The number of carboxylic acid groups (broad SMARTS) is 1. The van der Waals surface area contributed by atoms with Crippen molar-refractivity contribution in [2.75, 3.05) is 20.3 Å². The number of halogens is 1. The Morgan fingerprint density at radius 1 is 1.23 bits per heavy atom. The molecule has 122 valence electrons. The molecule has 0 aliphatic carbocycles. The molecule has 1 aromatic rings. The SMILES string of the molecule is CCC(CC)N(CCOC)C(=O)c1cc(Br)cc(C(=O)O)c1. The first-order valence-corrected chi connectivity index (χ1v) is 8.07. The van der Waals surface area contributed by atoms with Gasteiger partial charge in [-0.1, -0.05) is 29.8 Å². The molecule has 0 bridgehead atoms. The summed E-state index contributed by atoms with van der Waals surface area (Å²) in [5.41, 5.74) is 0.462. The van der Waals surface area contributed by atoms with Crippen LogP contribution >= 0.6 is 15.9 Å². The fourth-order valence-electron chi connectivity index (χ4n) is 2.37. The van der Waals surface area contributed by atoms with Gasteiger partial charge in [0.15, 0.2) is 0 Å². The minimum atomic E-state index is -1.05. The van der Waals surface area contributed by atoms with E-state index in [1.54, 1.807) is 18.1 Å². The molecule has 1 N–H and O–H groups in total. The van der Waals surface area contributed by atoms with Gasteiger partial charge in [0.1, 0.15) is 0 Å². The molecular weight excluding hydrogens is 350 g/mol. The van der Waals surface area contributed by atoms with Crippen molar-refractivity contribution in [1.29, 1.82) is 0 Å². The standard InChI is InChI=1S/C16H22BrNO4/c1-4-14(5-2)18(6-7-22-3)15(19)11-8-12(16(20)21)10-13(17)9-11/h8-10,14H,4-7H2,1-3H3,(H,20,21). The second-order valence-electron chi connectivity index (χ2n) is 5.00. The van der Waals surface area contributed by atoms with Crippen LogP contribution in [0.1, 0.15) is 47.4 Å². The number of nitrogens with zero attached hydrogens (tertiary/aromatic N) is 1. The third-order valence-electron chi connectivity index (χ3n) is 3.57. The van der Waals surface area contributed by atoms with Crippen molar-refractivity contribution < 1.29 is 19.4 Å². The van der Waals surface area contributed by atoms with Crippen LogP contribution in [0.2, 0.25) is 0 Å². The maximum Gasteiger partial charge on any atom is 0.335 e. The lowest BCUT2D eigenvalue weighted by atomic mass is 10.1. The fourth-order valence-corrected chi connectivity index (χ4v) is 2.86. The number of benzene rings is 1. The van der Waals surface area contributed by atoms with E-state index in [0.29, 0.717) is 23.2 Å². The van der Waals surface area contributed by atoms with E-state index in [-0.39, 0.29) is 17.5 Å². The molecule has 0 aromatic heterocycles. The van der Waals surface area contributed by atoms with Crippen molar-refractivity contribution in [2.24, 2.45) is 0 Å². The number of carbonyl (C=O) groups excluding carboxylic acids is 1. The number of methoxy groups -OCH3 is 1. The van der Waals surface area contributed by atoms with E-state index in [2.05, 4.69) is 15.9 Å². The predicted octanol–water partition coefficient (Wildman–Crippen LogP) is 3.42. The fraction of sp³-hybridized carbons (Fsp3) is 0.500. The van der Waals surface area contributed by atoms with Gasteiger partial charge >= 0.3 is 5.97 Å². The van der Waals surface area contributed by atoms with E-state index < -0.39 is 5.97 Å². The number of aromatic carboxylic acids is 1. The second-order valence-corrected chi connectivity index (χ2v) is 5.91. The molecule has 1 aromatic carbocycles. The zero-order valence-corrected chi connectivity index (χ0v) is 14.7. The highest BCUT2D eigenvalue weighted by Gasteiger charge is 2.23. The molecule has 0 aliphatic heterocycles. The molecule has 0 aliphatic rings. The number of rotatable bonds is 8. The Hall–Kier alpha value is -1.40. The summed E-state index contributed by atoms with van der Waals surface area (Å²) < 4.78 is 5.66. The molecule has 1 rings (SSSR count). The third kappa shape index (κ3) is 4.81. The smallest absolute Gasteiger partial charge is 0.335 e. The van der Waals surface area contributed by atoms with Crippen LogP contribution in [0.4, 0.5) is 0 Å². The lowest BCUT2D eigenvalue weighted by Gasteiger charge is -2.30. The summed E-state index contributed by atoms with van der Waals surface area (Å²) in [7, 11) is 1.59. The molecule has 0 atom stereocenters. The van der Waals surface area contributed by atoms with E-state index in [9.17, 15) is 9.59 Å². The average Bonchev–Trinajstić information content (AvgIpc) is 2.50. The molecule has 5 nitrogen and oxygen atoms in total. The highest BCUT2D eigenvalue weighted by molar-refractivity contribution is 9.10. The van der Waals surface area contributed by atoms with Crippen molar-refractivity contribution in [3.05, 3.63) is 33.8 Å². The minimum Gasteiger partial charge on any atom is -0.478 e.